The van der Waals surface area contributed by atoms with Gasteiger partial charge in [-0.2, -0.15) is 0 Å². The normalized spacial score (nSPS) is 11.4. The van der Waals surface area contributed by atoms with Gasteiger partial charge in [0, 0.05) is 42.7 Å². The molecular formula is C55H36N2OS. The molecule has 0 radical (unpaired) electrons. The summed E-state index contributed by atoms with van der Waals surface area (Å²) in [7, 11) is 0. The third-order valence-corrected chi connectivity index (χ3v) is 12.3. The van der Waals surface area contributed by atoms with Crippen LogP contribution in [0.1, 0.15) is 0 Å². The minimum atomic E-state index is 0.644. The molecule has 0 aliphatic heterocycles. The molecule has 0 spiro atoms. The second kappa shape index (κ2) is 14.8. The molecule has 9 aromatic carbocycles. The standard InChI is InChI=1S/C55H36N2OS/c1-5-14-37(15-6-1)39-24-29-44(30-25-39)57(45-31-26-40(27-32-45)38-16-7-2-8-17-38)51-33-28-43(34-48(51)41-18-9-3-10-19-41)46-22-13-23-47-49-35-52-50(36-53(49)59-54(46)47)56-55(58-52)42-20-11-4-12-21-42/h1-36H. The number of fused-ring (bicyclic) bond motifs is 4. The molecule has 0 fully saturated rings. The predicted octanol–water partition coefficient (Wildman–Crippen LogP) is 16.0. The van der Waals surface area contributed by atoms with Crippen molar-refractivity contribution in [2.24, 2.45) is 0 Å². The first-order valence-corrected chi connectivity index (χ1v) is 20.7. The van der Waals surface area contributed by atoms with E-state index < -0.39 is 0 Å². The van der Waals surface area contributed by atoms with Crippen molar-refractivity contribution in [1.82, 2.24) is 4.98 Å². The molecule has 0 N–H and O–H groups in total. The van der Waals surface area contributed by atoms with Crippen LogP contribution in [0.25, 0.3) is 87.2 Å². The number of rotatable bonds is 8. The van der Waals surface area contributed by atoms with Crippen molar-refractivity contribution in [3.63, 3.8) is 0 Å². The van der Waals surface area contributed by atoms with E-state index in [-0.39, 0.29) is 0 Å². The molecule has 11 rings (SSSR count). The van der Waals surface area contributed by atoms with Gasteiger partial charge in [0.2, 0.25) is 5.89 Å². The minimum absolute atomic E-state index is 0.644. The second-order valence-corrected chi connectivity index (χ2v) is 15.8. The largest absolute Gasteiger partial charge is 0.436 e. The van der Waals surface area contributed by atoms with Gasteiger partial charge < -0.3 is 9.32 Å². The molecule has 0 aliphatic carbocycles. The summed E-state index contributed by atoms with van der Waals surface area (Å²) in [6.07, 6.45) is 0. The first-order chi connectivity index (χ1) is 29.2. The Labute approximate surface area is 346 Å². The third kappa shape index (κ3) is 6.46. The van der Waals surface area contributed by atoms with Crippen molar-refractivity contribution in [2.75, 3.05) is 4.90 Å². The molecule has 0 amide bonds. The van der Waals surface area contributed by atoms with Gasteiger partial charge in [0.25, 0.3) is 0 Å². The van der Waals surface area contributed by atoms with Gasteiger partial charge >= 0.3 is 0 Å². The van der Waals surface area contributed by atoms with Crippen molar-refractivity contribution in [1.29, 1.82) is 0 Å². The van der Waals surface area contributed by atoms with Crippen molar-refractivity contribution in [3.8, 4) is 56.0 Å². The Morgan fingerprint density at radius 1 is 0.390 bits per heavy atom. The third-order valence-electron chi connectivity index (χ3n) is 11.1. The second-order valence-electron chi connectivity index (χ2n) is 14.7. The average Bonchev–Trinajstić information content (AvgIpc) is 3.91. The fourth-order valence-corrected chi connectivity index (χ4v) is 9.45. The van der Waals surface area contributed by atoms with Crippen LogP contribution < -0.4 is 4.90 Å². The highest BCUT2D eigenvalue weighted by Crippen LogP contribution is 2.46. The maximum Gasteiger partial charge on any atom is 0.227 e. The lowest BCUT2D eigenvalue weighted by Crippen LogP contribution is -2.11. The van der Waals surface area contributed by atoms with Crippen LogP contribution in [0.3, 0.4) is 0 Å². The molecule has 4 heteroatoms. The molecule has 0 bridgehead atoms. The zero-order chi connectivity index (χ0) is 39.1. The highest BCUT2D eigenvalue weighted by atomic mass is 32.1. The molecule has 11 aromatic rings. The van der Waals surface area contributed by atoms with E-state index in [1.165, 1.54) is 48.0 Å². The fraction of sp³-hybridized carbons (Fsp3) is 0. The van der Waals surface area contributed by atoms with Crippen LogP contribution in [0.4, 0.5) is 17.1 Å². The van der Waals surface area contributed by atoms with E-state index in [1.807, 2.05) is 41.7 Å². The van der Waals surface area contributed by atoms with Gasteiger partial charge in [-0.15, -0.1) is 11.3 Å². The van der Waals surface area contributed by atoms with Crippen LogP contribution in [-0.2, 0) is 0 Å². The van der Waals surface area contributed by atoms with Gasteiger partial charge in [-0.1, -0.05) is 158 Å². The molecule has 2 heterocycles. The molecule has 0 unspecified atom stereocenters. The van der Waals surface area contributed by atoms with Gasteiger partial charge in [0.1, 0.15) is 5.52 Å². The summed E-state index contributed by atoms with van der Waals surface area (Å²) in [4.78, 5) is 7.27. The van der Waals surface area contributed by atoms with E-state index in [2.05, 4.69) is 193 Å². The lowest BCUT2D eigenvalue weighted by Gasteiger charge is -2.29. The molecule has 3 nitrogen and oxygen atoms in total. The van der Waals surface area contributed by atoms with Gasteiger partial charge in [0.05, 0.1) is 5.69 Å². The van der Waals surface area contributed by atoms with E-state index in [0.29, 0.717) is 5.89 Å². The van der Waals surface area contributed by atoms with Gasteiger partial charge in [0.15, 0.2) is 5.58 Å². The molecule has 2 aromatic heterocycles. The number of hydrogen-bond acceptors (Lipinski definition) is 4. The summed E-state index contributed by atoms with van der Waals surface area (Å²) in [5.41, 5.74) is 15.3. The lowest BCUT2D eigenvalue weighted by atomic mass is 9.95. The summed E-state index contributed by atoms with van der Waals surface area (Å²) < 4.78 is 8.75. The Balaban J connectivity index is 1.05. The average molecular weight is 773 g/mol. The van der Waals surface area contributed by atoms with Crippen LogP contribution in [0.2, 0.25) is 0 Å². The Morgan fingerprint density at radius 3 is 1.51 bits per heavy atom. The summed E-state index contributed by atoms with van der Waals surface area (Å²) >= 11 is 1.82. The highest BCUT2D eigenvalue weighted by Gasteiger charge is 2.21. The van der Waals surface area contributed by atoms with E-state index in [4.69, 9.17) is 9.40 Å². The summed E-state index contributed by atoms with van der Waals surface area (Å²) in [5.74, 6) is 0.644. The molecule has 278 valence electrons. The maximum absolute atomic E-state index is 6.32. The summed E-state index contributed by atoms with van der Waals surface area (Å²) in [6, 6.07) is 77.8. The molecule has 0 saturated heterocycles. The van der Waals surface area contributed by atoms with Crippen LogP contribution in [0, 0.1) is 0 Å². The van der Waals surface area contributed by atoms with E-state index in [1.54, 1.807) is 0 Å². The number of nitrogens with zero attached hydrogens (tertiary/aromatic N) is 2. The van der Waals surface area contributed by atoms with Crippen LogP contribution in [0.15, 0.2) is 223 Å². The van der Waals surface area contributed by atoms with E-state index in [0.717, 1.165) is 50.4 Å². The fourth-order valence-electron chi connectivity index (χ4n) is 8.19. The molecule has 0 saturated carbocycles. The van der Waals surface area contributed by atoms with Crippen LogP contribution in [0.5, 0.6) is 0 Å². The van der Waals surface area contributed by atoms with Crippen LogP contribution in [-0.4, -0.2) is 4.98 Å². The maximum atomic E-state index is 6.32. The van der Waals surface area contributed by atoms with Gasteiger partial charge in [-0.25, -0.2) is 4.98 Å². The Kier molecular flexibility index (Phi) is 8.68. The zero-order valence-corrected chi connectivity index (χ0v) is 32.8. The molecule has 0 aliphatic rings. The van der Waals surface area contributed by atoms with E-state index in [9.17, 15) is 0 Å². The first-order valence-electron chi connectivity index (χ1n) is 19.9. The Bertz CT molecular complexity index is 3150. The quantitative estimate of drug-likeness (QED) is 0.154. The Morgan fingerprint density at radius 2 is 0.915 bits per heavy atom. The number of thiophene rings is 1. The predicted molar refractivity (Wildman–Crippen MR) is 249 cm³/mol. The first kappa shape index (κ1) is 34.7. The Hall–Kier alpha value is -7.53. The van der Waals surface area contributed by atoms with Crippen molar-refractivity contribution >= 4 is 59.7 Å². The smallest absolute Gasteiger partial charge is 0.227 e. The summed E-state index contributed by atoms with van der Waals surface area (Å²) in [6.45, 7) is 0. The molecule has 0 atom stereocenters. The lowest BCUT2D eigenvalue weighted by molar-refractivity contribution is 0.620. The minimum Gasteiger partial charge on any atom is -0.436 e. The summed E-state index contributed by atoms with van der Waals surface area (Å²) in [5, 5.41) is 2.39. The topological polar surface area (TPSA) is 29.3 Å². The van der Waals surface area contributed by atoms with Crippen molar-refractivity contribution < 1.29 is 4.42 Å². The number of aromatic nitrogens is 1. The van der Waals surface area contributed by atoms with Crippen LogP contribution >= 0.6 is 11.3 Å². The number of oxazole rings is 1. The highest BCUT2D eigenvalue weighted by molar-refractivity contribution is 7.26. The van der Waals surface area contributed by atoms with Gasteiger partial charge in [-0.3, -0.25) is 0 Å². The van der Waals surface area contributed by atoms with Gasteiger partial charge in [-0.05, 0) is 99.6 Å². The van der Waals surface area contributed by atoms with Crippen molar-refractivity contribution in [3.05, 3.63) is 218 Å². The number of anilines is 3. The number of hydrogen-bond donors (Lipinski definition) is 0. The molecule has 59 heavy (non-hydrogen) atoms. The van der Waals surface area contributed by atoms with Crippen molar-refractivity contribution in [2.45, 2.75) is 0 Å². The van der Waals surface area contributed by atoms with E-state index >= 15 is 0 Å². The number of benzene rings is 9. The zero-order valence-electron chi connectivity index (χ0n) is 32.0. The monoisotopic (exact) mass is 772 g/mol. The SMILES string of the molecule is c1ccc(-c2ccc(N(c3ccc(-c4ccccc4)cc3)c3ccc(-c4cccc5c4sc4cc6nc(-c7ccccc7)oc6cc45)cc3-c3ccccc3)cc2)cc1. The molecular weight excluding hydrogens is 737 g/mol.